The van der Waals surface area contributed by atoms with Gasteiger partial charge in [-0.3, -0.25) is 4.79 Å². The third kappa shape index (κ3) is 3.02. The third-order valence-electron chi connectivity index (χ3n) is 2.18. The summed E-state index contributed by atoms with van der Waals surface area (Å²) in [4.78, 5) is 11.5. The van der Waals surface area contributed by atoms with Gasteiger partial charge in [-0.05, 0) is 37.5 Å². The van der Waals surface area contributed by atoms with Gasteiger partial charge in [-0.15, -0.1) is 0 Å². The Morgan fingerprint density at radius 2 is 2.42 bits per heavy atom. The average molecular weight is 184 g/mol. The SMILES string of the molecule is CSCCC(=O)C1=CCCCC1. The van der Waals surface area contributed by atoms with Crippen LogP contribution in [-0.4, -0.2) is 17.8 Å². The Balaban J connectivity index is 2.35. The van der Waals surface area contributed by atoms with Gasteiger partial charge in [-0.1, -0.05) is 6.08 Å². The second-order valence-corrected chi connectivity index (χ2v) is 4.13. The molecule has 0 heterocycles. The lowest BCUT2D eigenvalue weighted by molar-refractivity contribution is -0.115. The van der Waals surface area contributed by atoms with Crippen molar-refractivity contribution in [1.82, 2.24) is 0 Å². The largest absolute Gasteiger partial charge is 0.295 e. The highest BCUT2D eigenvalue weighted by Crippen LogP contribution is 2.19. The summed E-state index contributed by atoms with van der Waals surface area (Å²) in [5.41, 5.74) is 1.09. The Hall–Kier alpha value is -0.240. The van der Waals surface area contributed by atoms with E-state index in [-0.39, 0.29) is 0 Å². The van der Waals surface area contributed by atoms with Crippen LogP contribution in [0.4, 0.5) is 0 Å². The van der Waals surface area contributed by atoms with E-state index >= 15 is 0 Å². The molecule has 0 radical (unpaired) electrons. The van der Waals surface area contributed by atoms with Crippen LogP contribution in [0.1, 0.15) is 32.1 Å². The van der Waals surface area contributed by atoms with Crippen LogP contribution in [0.2, 0.25) is 0 Å². The highest BCUT2D eigenvalue weighted by Gasteiger charge is 2.10. The first-order valence-corrected chi connectivity index (χ1v) is 5.95. The molecule has 0 atom stereocenters. The summed E-state index contributed by atoms with van der Waals surface area (Å²) in [5, 5.41) is 0. The van der Waals surface area contributed by atoms with Crippen LogP contribution < -0.4 is 0 Å². The van der Waals surface area contributed by atoms with Crippen molar-refractivity contribution >= 4 is 17.5 Å². The molecule has 0 bridgehead atoms. The fourth-order valence-corrected chi connectivity index (χ4v) is 1.84. The van der Waals surface area contributed by atoms with E-state index in [0.29, 0.717) is 5.78 Å². The summed E-state index contributed by atoms with van der Waals surface area (Å²) in [6.45, 7) is 0. The lowest BCUT2D eigenvalue weighted by Crippen LogP contribution is -2.06. The molecule has 0 amide bonds. The maximum absolute atomic E-state index is 11.5. The minimum atomic E-state index is 0.379. The van der Waals surface area contributed by atoms with Gasteiger partial charge >= 0.3 is 0 Å². The zero-order valence-electron chi connectivity index (χ0n) is 7.64. The number of allylic oxidation sites excluding steroid dienone is 2. The standard InChI is InChI=1S/C10H16OS/c1-12-8-7-10(11)9-5-3-2-4-6-9/h5H,2-4,6-8H2,1H3. The van der Waals surface area contributed by atoms with Gasteiger partial charge in [0.05, 0.1) is 0 Å². The Bertz CT molecular complexity index is 184. The van der Waals surface area contributed by atoms with Crippen LogP contribution in [0, 0.1) is 0 Å². The Kier molecular flexibility index (Phi) is 4.44. The number of carbonyl (C=O) groups is 1. The molecular formula is C10H16OS. The molecule has 0 saturated carbocycles. The summed E-state index contributed by atoms with van der Waals surface area (Å²) in [6.07, 6.45) is 9.51. The van der Waals surface area contributed by atoms with Crippen molar-refractivity contribution in [3.05, 3.63) is 11.6 Å². The maximum atomic E-state index is 11.5. The Morgan fingerprint density at radius 3 is 3.00 bits per heavy atom. The average Bonchev–Trinajstić information content (AvgIpc) is 2.15. The molecule has 12 heavy (non-hydrogen) atoms. The van der Waals surface area contributed by atoms with Gasteiger partial charge in [0.25, 0.3) is 0 Å². The lowest BCUT2D eigenvalue weighted by Gasteiger charge is -2.10. The number of ketones is 1. The van der Waals surface area contributed by atoms with Crippen LogP contribution in [-0.2, 0) is 4.79 Å². The van der Waals surface area contributed by atoms with Gasteiger partial charge in [0.15, 0.2) is 5.78 Å². The normalized spacial score (nSPS) is 17.2. The second-order valence-electron chi connectivity index (χ2n) is 3.14. The predicted octanol–water partition coefficient (Wildman–Crippen LogP) is 2.81. The van der Waals surface area contributed by atoms with E-state index in [4.69, 9.17) is 0 Å². The fourth-order valence-electron chi connectivity index (χ4n) is 1.45. The van der Waals surface area contributed by atoms with Crippen molar-refractivity contribution in [2.45, 2.75) is 32.1 Å². The zero-order chi connectivity index (χ0) is 8.81. The van der Waals surface area contributed by atoms with E-state index < -0.39 is 0 Å². The van der Waals surface area contributed by atoms with Gasteiger partial charge in [0, 0.05) is 12.2 Å². The molecule has 0 unspecified atom stereocenters. The lowest BCUT2D eigenvalue weighted by atomic mass is 9.95. The molecule has 0 aliphatic heterocycles. The molecule has 1 aliphatic rings. The Labute approximate surface area is 78.6 Å². The molecule has 0 saturated heterocycles. The molecule has 1 aliphatic carbocycles. The van der Waals surface area contributed by atoms with E-state index in [1.165, 1.54) is 12.8 Å². The predicted molar refractivity (Wildman–Crippen MR) is 54.6 cm³/mol. The van der Waals surface area contributed by atoms with Crippen molar-refractivity contribution in [3.63, 3.8) is 0 Å². The van der Waals surface area contributed by atoms with E-state index in [9.17, 15) is 4.79 Å². The minimum absolute atomic E-state index is 0.379. The molecule has 0 aromatic heterocycles. The number of hydrogen-bond donors (Lipinski definition) is 0. The molecular weight excluding hydrogens is 168 g/mol. The summed E-state index contributed by atoms with van der Waals surface area (Å²) < 4.78 is 0. The summed E-state index contributed by atoms with van der Waals surface area (Å²) in [6, 6.07) is 0. The topological polar surface area (TPSA) is 17.1 Å². The molecule has 68 valence electrons. The summed E-state index contributed by atoms with van der Waals surface area (Å²) in [7, 11) is 0. The highest BCUT2D eigenvalue weighted by molar-refractivity contribution is 7.98. The minimum Gasteiger partial charge on any atom is -0.295 e. The number of carbonyl (C=O) groups excluding carboxylic acids is 1. The summed E-state index contributed by atoms with van der Waals surface area (Å²) >= 11 is 1.75. The van der Waals surface area contributed by atoms with Crippen LogP contribution in [0.25, 0.3) is 0 Å². The van der Waals surface area contributed by atoms with E-state index in [1.807, 2.05) is 6.26 Å². The first-order valence-electron chi connectivity index (χ1n) is 4.56. The first-order chi connectivity index (χ1) is 5.84. The van der Waals surface area contributed by atoms with Crippen molar-refractivity contribution in [2.24, 2.45) is 0 Å². The van der Waals surface area contributed by atoms with Crippen molar-refractivity contribution in [3.8, 4) is 0 Å². The highest BCUT2D eigenvalue weighted by atomic mass is 32.2. The van der Waals surface area contributed by atoms with Gasteiger partial charge < -0.3 is 0 Å². The van der Waals surface area contributed by atoms with Crippen LogP contribution >= 0.6 is 11.8 Å². The smallest absolute Gasteiger partial charge is 0.159 e. The van der Waals surface area contributed by atoms with E-state index in [0.717, 1.165) is 30.6 Å². The summed E-state index contributed by atoms with van der Waals surface area (Å²) in [5.74, 6) is 1.35. The first kappa shape index (κ1) is 9.85. The fraction of sp³-hybridized carbons (Fsp3) is 0.700. The van der Waals surface area contributed by atoms with Crippen LogP contribution in [0.5, 0.6) is 0 Å². The van der Waals surface area contributed by atoms with Gasteiger partial charge in [-0.2, -0.15) is 11.8 Å². The second kappa shape index (κ2) is 5.41. The van der Waals surface area contributed by atoms with Gasteiger partial charge in [0.2, 0.25) is 0 Å². The van der Waals surface area contributed by atoms with E-state index in [2.05, 4.69) is 6.08 Å². The molecule has 2 heteroatoms. The van der Waals surface area contributed by atoms with Gasteiger partial charge in [0.1, 0.15) is 0 Å². The van der Waals surface area contributed by atoms with Crippen LogP contribution in [0.3, 0.4) is 0 Å². The van der Waals surface area contributed by atoms with E-state index in [1.54, 1.807) is 11.8 Å². The maximum Gasteiger partial charge on any atom is 0.159 e. The Morgan fingerprint density at radius 1 is 1.58 bits per heavy atom. The monoisotopic (exact) mass is 184 g/mol. The van der Waals surface area contributed by atoms with Crippen molar-refractivity contribution in [2.75, 3.05) is 12.0 Å². The zero-order valence-corrected chi connectivity index (χ0v) is 8.45. The molecule has 0 aromatic rings. The number of hydrogen-bond acceptors (Lipinski definition) is 2. The van der Waals surface area contributed by atoms with Gasteiger partial charge in [-0.25, -0.2) is 0 Å². The molecule has 0 spiro atoms. The molecule has 0 N–H and O–H groups in total. The molecule has 0 fully saturated rings. The number of thioether (sulfide) groups is 1. The molecule has 1 nitrogen and oxygen atoms in total. The number of rotatable bonds is 4. The van der Waals surface area contributed by atoms with Crippen molar-refractivity contribution in [1.29, 1.82) is 0 Å². The van der Waals surface area contributed by atoms with Crippen molar-refractivity contribution < 1.29 is 4.79 Å². The molecule has 0 aromatic carbocycles. The number of Topliss-reactive ketones (excluding diaryl/α,β-unsaturated/α-hetero) is 1. The van der Waals surface area contributed by atoms with Crippen LogP contribution in [0.15, 0.2) is 11.6 Å². The quantitative estimate of drug-likeness (QED) is 0.668. The molecule has 1 rings (SSSR count). The third-order valence-corrected chi connectivity index (χ3v) is 2.79.